The predicted octanol–water partition coefficient (Wildman–Crippen LogP) is 3.17. The molecule has 1 aromatic rings. The first kappa shape index (κ1) is 13.3. The number of carbonyl (C=O) groups excluding carboxylic acids is 1. The summed E-state index contributed by atoms with van der Waals surface area (Å²) in [7, 11) is 1.37. The molecule has 0 radical (unpaired) electrons. The summed E-state index contributed by atoms with van der Waals surface area (Å²) in [6.07, 6.45) is 3.69. The normalized spacial score (nSPS) is 27.8. The summed E-state index contributed by atoms with van der Waals surface area (Å²) < 4.78 is 4.65. The molecule has 1 saturated carbocycles. The highest BCUT2D eigenvalue weighted by atomic mass is 32.1. The number of nitrogens with one attached hydrogen (secondary N) is 1. The van der Waals surface area contributed by atoms with Gasteiger partial charge in [-0.2, -0.15) is 0 Å². The lowest BCUT2D eigenvalue weighted by molar-refractivity contribution is 0.0595. The number of anilines is 1. The second-order valence-corrected chi connectivity index (χ2v) is 6.03. The molecule has 1 aliphatic carbocycles. The largest absolute Gasteiger partial charge is 0.464 e. The zero-order chi connectivity index (χ0) is 13.1. The highest BCUT2D eigenvalue weighted by Gasteiger charge is 2.26. The minimum atomic E-state index is -0.371. The minimum absolute atomic E-state index is 0.371. The van der Waals surface area contributed by atoms with Gasteiger partial charge in [-0.05, 0) is 31.1 Å². The number of ether oxygens (including phenoxy) is 1. The molecule has 2 rings (SSSR count). The molecule has 0 aliphatic heterocycles. The second kappa shape index (κ2) is 5.69. The van der Waals surface area contributed by atoms with Crippen LogP contribution in [0.4, 0.5) is 5.13 Å². The summed E-state index contributed by atoms with van der Waals surface area (Å²) in [5, 5.41) is 6.01. The summed E-state index contributed by atoms with van der Waals surface area (Å²) in [5.41, 5.74) is 0.391. The zero-order valence-corrected chi connectivity index (χ0v) is 11.9. The maximum absolute atomic E-state index is 11.3. The molecule has 0 aromatic carbocycles. The van der Waals surface area contributed by atoms with Gasteiger partial charge in [-0.3, -0.25) is 0 Å². The molecule has 4 nitrogen and oxygen atoms in total. The van der Waals surface area contributed by atoms with Crippen molar-refractivity contribution in [1.29, 1.82) is 0 Å². The van der Waals surface area contributed by atoms with Crippen LogP contribution in [0, 0.1) is 11.8 Å². The Kier molecular flexibility index (Phi) is 4.22. The van der Waals surface area contributed by atoms with Gasteiger partial charge in [0.05, 0.1) is 7.11 Å². The SMILES string of the molecule is COC(=O)c1csc(NC2CCC(C)CC2C)n1. The van der Waals surface area contributed by atoms with Crippen molar-refractivity contribution in [2.75, 3.05) is 12.4 Å². The Morgan fingerprint density at radius 1 is 1.50 bits per heavy atom. The molecule has 1 heterocycles. The summed E-state index contributed by atoms with van der Waals surface area (Å²) in [5.74, 6) is 1.10. The molecule has 0 saturated heterocycles. The molecule has 3 unspecified atom stereocenters. The van der Waals surface area contributed by atoms with Crippen molar-refractivity contribution in [3.05, 3.63) is 11.1 Å². The van der Waals surface area contributed by atoms with Crippen molar-refractivity contribution >= 4 is 22.4 Å². The fraction of sp³-hybridized carbons (Fsp3) is 0.692. The van der Waals surface area contributed by atoms with Crippen LogP contribution in [-0.4, -0.2) is 24.1 Å². The van der Waals surface area contributed by atoms with Gasteiger partial charge in [0.1, 0.15) is 0 Å². The van der Waals surface area contributed by atoms with Gasteiger partial charge in [-0.15, -0.1) is 11.3 Å². The van der Waals surface area contributed by atoms with E-state index in [0.29, 0.717) is 17.7 Å². The van der Waals surface area contributed by atoms with Gasteiger partial charge >= 0.3 is 5.97 Å². The first-order valence-electron chi connectivity index (χ1n) is 6.40. The van der Waals surface area contributed by atoms with Crippen LogP contribution in [0.5, 0.6) is 0 Å². The van der Waals surface area contributed by atoms with Crippen molar-refractivity contribution in [2.45, 2.75) is 39.2 Å². The van der Waals surface area contributed by atoms with E-state index in [1.165, 1.54) is 37.7 Å². The van der Waals surface area contributed by atoms with Gasteiger partial charge in [-0.1, -0.05) is 13.8 Å². The number of hydrogen-bond donors (Lipinski definition) is 1. The lowest BCUT2D eigenvalue weighted by Gasteiger charge is -2.33. The van der Waals surface area contributed by atoms with Crippen molar-refractivity contribution in [1.82, 2.24) is 4.98 Å². The molecule has 1 N–H and O–H groups in total. The van der Waals surface area contributed by atoms with Crippen LogP contribution in [0.1, 0.15) is 43.6 Å². The van der Waals surface area contributed by atoms with Gasteiger partial charge in [0.25, 0.3) is 0 Å². The molecular formula is C13H20N2O2S. The van der Waals surface area contributed by atoms with Crippen LogP contribution < -0.4 is 5.32 Å². The number of aromatic nitrogens is 1. The van der Waals surface area contributed by atoms with E-state index in [0.717, 1.165) is 11.0 Å². The maximum Gasteiger partial charge on any atom is 0.357 e. The standard InChI is InChI=1S/C13H20N2O2S/c1-8-4-5-10(9(2)6-8)14-13-15-11(7-18-13)12(16)17-3/h7-10H,4-6H2,1-3H3,(H,14,15). The van der Waals surface area contributed by atoms with E-state index in [9.17, 15) is 4.79 Å². The topological polar surface area (TPSA) is 51.2 Å². The van der Waals surface area contributed by atoms with Gasteiger partial charge in [-0.25, -0.2) is 9.78 Å². The smallest absolute Gasteiger partial charge is 0.357 e. The molecule has 0 bridgehead atoms. The van der Waals surface area contributed by atoms with Crippen molar-refractivity contribution < 1.29 is 9.53 Å². The maximum atomic E-state index is 11.3. The fourth-order valence-corrected chi connectivity index (χ4v) is 3.32. The van der Waals surface area contributed by atoms with E-state index >= 15 is 0 Å². The molecule has 0 spiro atoms. The number of hydrogen-bond acceptors (Lipinski definition) is 5. The number of nitrogens with zero attached hydrogens (tertiary/aromatic N) is 1. The van der Waals surface area contributed by atoms with Crippen LogP contribution in [0.15, 0.2) is 5.38 Å². The van der Waals surface area contributed by atoms with Crippen LogP contribution >= 0.6 is 11.3 Å². The average Bonchev–Trinajstić information content (AvgIpc) is 2.80. The fourth-order valence-electron chi connectivity index (χ4n) is 2.58. The van der Waals surface area contributed by atoms with Gasteiger partial charge < -0.3 is 10.1 Å². The van der Waals surface area contributed by atoms with E-state index in [1.807, 2.05) is 0 Å². The molecule has 0 amide bonds. The highest BCUT2D eigenvalue weighted by Crippen LogP contribution is 2.31. The number of esters is 1. The van der Waals surface area contributed by atoms with Crippen LogP contribution in [0.2, 0.25) is 0 Å². The third-order valence-electron chi connectivity index (χ3n) is 3.64. The zero-order valence-electron chi connectivity index (χ0n) is 11.1. The van der Waals surface area contributed by atoms with E-state index in [1.54, 1.807) is 5.38 Å². The first-order chi connectivity index (χ1) is 8.60. The summed E-state index contributed by atoms with van der Waals surface area (Å²) in [6.45, 7) is 4.59. The summed E-state index contributed by atoms with van der Waals surface area (Å²) >= 11 is 1.47. The Morgan fingerprint density at radius 2 is 2.28 bits per heavy atom. The Bertz CT molecular complexity index is 419. The Hall–Kier alpha value is -1.10. The number of rotatable bonds is 3. The monoisotopic (exact) mass is 268 g/mol. The number of carbonyl (C=O) groups is 1. The first-order valence-corrected chi connectivity index (χ1v) is 7.28. The Labute approximate surface area is 112 Å². The third kappa shape index (κ3) is 3.02. The average molecular weight is 268 g/mol. The molecule has 1 aromatic heterocycles. The molecule has 18 heavy (non-hydrogen) atoms. The summed E-state index contributed by atoms with van der Waals surface area (Å²) in [6, 6.07) is 0.470. The Morgan fingerprint density at radius 3 is 2.94 bits per heavy atom. The number of methoxy groups -OCH3 is 1. The van der Waals surface area contributed by atoms with Crippen molar-refractivity contribution in [3.8, 4) is 0 Å². The summed E-state index contributed by atoms with van der Waals surface area (Å²) in [4.78, 5) is 15.6. The molecule has 1 fully saturated rings. The number of thiazole rings is 1. The van der Waals surface area contributed by atoms with Crippen LogP contribution in [0.25, 0.3) is 0 Å². The van der Waals surface area contributed by atoms with E-state index in [4.69, 9.17) is 0 Å². The third-order valence-corrected chi connectivity index (χ3v) is 4.41. The molecular weight excluding hydrogens is 248 g/mol. The van der Waals surface area contributed by atoms with E-state index in [-0.39, 0.29) is 5.97 Å². The molecule has 5 heteroatoms. The van der Waals surface area contributed by atoms with Gasteiger partial charge in [0, 0.05) is 11.4 Å². The Balaban J connectivity index is 1.97. The molecule has 100 valence electrons. The lowest BCUT2D eigenvalue weighted by Crippen LogP contribution is -2.32. The van der Waals surface area contributed by atoms with E-state index in [2.05, 4.69) is 28.9 Å². The highest BCUT2D eigenvalue weighted by molar-refractivity contribution is 7.13. The quantitative estimate of drug-likeness (QED) is 0.855. The second-order valence-electron chi connectivity index (χ2n) is 5.18. The van der Waals surface area contributed by atoms with Gasteiger partial charge in [0.2, 0.25) is 0 Å². The predicted molar refractivity (Wildman–Crippen MR) is 73.0 cm³/mol. The van der Waals surface area contributed by atoms with Crippen molar-refractivity contribution in [3.63, 3.8) is 0 Å². The van der Waals surface area contributed by atoms with Crippen LogP contribution in [-0.2, 0) is 4.74 Å². The van der Waals surface area contributed by atoms with Crippen LogP contribution in [0.3, 0.4) is 0 Å². The van der Waals surface area contributed by atoms with Crippen molar-refractivity contribution in [2.24, 2.45) is 11.8 Å². The van der Waals surface area contributed by atoms with Gasteiger partial charge in [0.15, 0.2) is 10.8 Å². The van der Waals surface area contributed by atoms with E-state index < -0.39 is 0 Å². The lowest BCUT2D eigenvalue weighted by atomic mass is 9.80. The minimum Gasteiger partial charge on any atom is -0.464 e. The molecule has 1 aliphatic rings. The molecule has 3 atom stereocenters.